The van der Waals surface area contributed by atoms with Crippen molar-refractivity contribution in [2.75, 3.05) is 6.26 Å². The molecule has 1 rings (SSSR count). The normalized spacial score (nSPS) is 20.5. The van der Waals surface area contributed by atoms with Crippen molar-refractivity contribution < 1.29 is 23.4 Å². The van der Waals surface area contributed by atoms with Gasteiger partial charge in [-0.05, 0) is 11.8 Å². The van der Waals surface area contributed by atoms with Crippen molar-refractivity contribution >= 4 is 39.3 Å². The molecule has 1 heterocycles. The SMILES string of the molecule is CS(=O)(=O)C(C(=O)O)=C1SC=C(O)S1. The standard InChI is InChI=1S/C6H6O5S3/c1-14(10,11)4(5(8)9)6-12-2-3(7)13-6/h2,7H,1H3,(H,8,9). The first-order valence-electron chi connectivity index (χ1n) is 3.23. The van der Waals surface area contributed by atoms with Crippen molar-refractivity contribution in [3.63, 3.8) is 0 Å². The van der Waals surface area contributed by atoms with E-state index in [1.807, 2.05) is 0 Å². The van der Waals surface area contributed by atoms with E-state index in [-0.39, 0.29) is 9.33 Å². The van der Waals surface area contributed by atoms with Crippen molar-refractivity contribution in [1.29, 1.82) is 0 Å². The highest BCUT2D eigenvalue weighted by Crippen LogP contribution is 2.44. The number of carboxylic acid groups (broad SMARTS) is 1. The lowest BCUT2D eigenvalue weighted by atomic mass is 10.6. The lowest BCUT2D eigenvalue weighted by Gasteiger charge is -2.02. The Labute approximate surface area is 88.8 Å². The van der Waals surface area contributed by atoms with Gasteiger partial charge in [0.15, 0.2) is 19.8 Å². The van der Waals surface area contributed by atoms with Crippen molar-refractivity contribution in [3.05, 3.63) is 19.6 Å². The second-order valence-corrected chi connectivity index (χ2v) is 6.49. The van der Waals surface area contributed by atoms with Crippen molar-refractivity contribution in [1.82, 2.24) is 0 Å². The van der Waals surface area contributed by atoms with Gasteiger partial charge in [0.05, 0.1) is 4.24 Å². The Morgan fingerprint density at radius 2 is 2.07 bits per heavy atom. The molecule has 1 aliphatic rings. The first-order valence-corrected chi connectivity index (χ1v) is 6.82. The van der Waals surface area contributed by atoms with Crippen molar-refractivity contribution in [2.24, 2.45) is 0 Å². The van der Waals surface area contributed by atoms with Crippen LogP contribution in [0.1, 0.15) is 0 Å². The molecule has 0 spiro atoms. The molecule has 0 aliphatic carbocycles. The Hall–Kier alpha value is -0.600. The average molecular weight is 254 g/mol. The van der Waals surface area contributed by atoms with Crippen LogP contribution in [0.15, 0.2) is 19.6 Å². The summed E-state index contributed by atoms with van der Waals surface area (Å²) in [5.41, 5.74) is 0. The zero-order valence-corrected chi connectivity index (χ0v) is 9.37. The molecule has 0 amide bonds. The molecule has 14 heavy (non-hydrogen) atoms. The third-order valence-electron chi connectivity index (χ3n) is 1.21. The lowest BCUT2D eigenvalue weighted by molar-refractivity contribution is -0.131. The first kappa shape index (κ1) is 11.5. The summed E-state index contributed by atoms with van der Waals surface area (Å²) in [6.07, 6.45) is 0.819. The highest BCUT2D eigenvalue weighted by Gasteiger charge is 2.28. The second kappa shape index (κ2) is 3.87. The second-order valence-electron chi connectivity index (χ2n) is 2.37. The van der Waals surface area contributed by atoms with Crippen LogP contribution in [0.2, 0.25) is 0 Å². The summed E-state index contributed by atoms with van der Waals surface area (Å²) in [5, 5.41) is 18.8. The van der Waals surface area contributed by atoms with Crippen LogP contribution in [0.4, 0.5) is 0 Å². The van der Waals surface area contributed by atoms with Crippen LogP contribution < -0.4 is 0 Å². The zero-order valence-electron chi connectivity index (χ0n) is 6.92. The van der Waals surface area contributed by atoms with Gasteiger partial charge in [-0.3, -0.25) is 0 Å². The molecule has 0 unspecified atom stereocenters. The predicted octanol–water partition coefficient (Wildman–Crippen LogP) is 1.12. The fourth-order valence-corrected chi connectivity index (χ4v) is 4.24. The van der Waals surface area contributed by atoms with Gasteiger partial charge in [0, 0.05) is 11.7 Å². The number of rotatable bonds is 2. The number of aliphatic hydroxyl groups is 1. The number of carbonyl (C=O) groups is 1. The van der Waals surface area contributed by atoms with E-state index < -0.39 is 20.7 Å². The van der Waals surface area contributed by atoms with Crippen LogP contribution >= 0.6 is 23.5 Å². The number of aliphatic hydroxyl groups excluding tert-OH is 1. The minimum Gasteiger partial charge on any atom is -0.501 e. The fourth-order valence-electron chi connectivity index (χ4n) is 0.744. The maximum atomic E-state index is 11.1. The molecule has 0 aromatic heterocycles. The van der Waals surface area contributed by atoms with Crippen LogP contribution in [0.25, 0.3) is 0 Å². The Kier molecular flexibility index (Phi) is 3.17. The molecule has 0 saturated carbocycles. The quantitative estimate of drug-likeness (QED) is 0.713. The Morgan fingerprint density at radius 3 is 2.36 bits per heavy atom. The summed E-state index contributed by atoms with van der Waals surface area (Å²) in [6.45, 7) is 0. The van der Waals surface area contributed by atoms with Crippen LogP contribution in [0, 0.1) is 0 Å². The predicted molar refractivity (Wildman–Crippen MR) is 55.4 cm³/mol. The molecule has 0 bridgehead atoms. The van der Waals surface area contributed by atoms with Gasteiger partial charge in [0.25, 0.3) is 0 Å². The number of hydrogen-bond acceptors (Lipinski definition) is 6. The van der Waals surface area contributed by atoms with E-state index in [2.05, 4.69) is 0 Å². The van der Waals surface area contributed by atoms with E-state index in [4.69, 9.17) is 10.2 Å². The number of hydrogen-bond donors (Lipinski definition) is 2. The van der Waals surface area contributed by atoms with Gasteiger partial charge in [0.2, 0.25) is 0 Å². The maximum Gasteiger partial charge on any atom is 0.349 e. The highest BCUT2D eigenvalue weighted by atomic mass is 32.2. The van der Waals surface area contributed by atoms with Crippen molar-refractivity contribution in [2.45, 2.75) is 0 Å². The fraction of sp³-hybridized carbons (Fsp3) is 0.167. The van der Waals surface area contributed by atoms with Gasteiger partial charge >= 0.3 is 5.97 Å². The third-order valence-corrected chi connectivity index (χ3v) is 4.76. The van der Waals surface area contributed by atoms with Gasteiger partial charge in [-0.1, -0.05) is 11.8 Å². The number of sulfone groups is 1. The molecular formula is C6H6O5S3. The summed E-state index contributed by atoms with van der Waals surface area (Å²) in [4.78, 5) is 10.00. The molecule has 0 radical (unpaired) electrons. The van der Waals surface area contributed by atoms with E-state index >= 15 is 0 Å². The van der Waals surface area contributed by atoms with E-state index in [0.29, 0.717) is 0 Å². The summed E-state index contributed by atoms with van der Waals surface area (Å²) in [7, 11) is -3.78. The summed E-state index contributed by atoms with van der Waals surface area (Å²) in [6, 6.07) is 0. The van der Waals surface area contributed by atoms with Gasteiger partial charge < -0.3 is 10.2 Å². The van der Waals surface area contributed by atoms with Crippen LogP contribution in [0.3, 0.4) is 0 Å². The van der Waals surface area contributed by atoms with Crippen LogP contribution in [0.5, 0.6) is 0 Å². The zero-order chi connectivity index (χ0) is 10.9. The molecule has 8 heteroatoms. The maximum absolute atomic E-state index is 11.1. The smallest absolute Gasteiger partial charge is 0.349 e. The number of carboxylic acids is 1. The van der Waals surface area contributed by atoms with Crippen LogP contribution in [-0.2, 0) is 14.6 Å². The molecule has 0 atom stereocenters. The molecule has 0 saturated heterocycles. The van der Waals surface area contributed by atoms with E-state index in [9.17, 15) is 13.2 Å². The van der Waals surface area contributed by atoms with Crippen molar-refractivity contribution in [3.8, 4) is 0 Å². The third kappa shape index (κ3) is 2.46. The molecule has 78 valence electrons. The van der Waals surface area contributed by atoms with E-state index in [0.717, 1.165) is 29.8 Å². The van der Waals surface area contributed by atoms with Gasteiger partial charge in [-0.2, -0.15) is 0 Å². The Morgan fingerprint density at radius 1 is 1.50 bits per heavy atom. The molecule has 2 N–H and O–H groups in total. The summed E-state index contributed by atoms with van der Waals surface area (Å²) >= 11 is 1.61. The number of thioether (sulfide) groups is 2. The largest absolute Gasteiger partial charge is 0.501 e. The summed E-state index contributed by atoms with van der Waals surface area (Å²) in [5.74, 6) is -1.51. The van der Waals surface area contributed by atoms with Gasteiger partial charge in [-0.15, -0.1) is 0 Å². The minimum absolute atomic E-state index is 0.0671. The Bertz CT molecular complexity index is 430. The first-order chi connectivity index (χ1) is 6.32. The van der Waals surface area contributed by atoms with E-state index in [1.165, 1.54) is 5.41 Å². The highest BCUT2D eigenvalue weighted by molar-refractivity contribution is 8.28. The molecular weight excluding hydrogens is 248 g/mol. The lowest BCUT2D eigenvalue weighted by Crippen LogP contribution is -2.12. The molecule has 1 aliphatic heterocycles. The van der Waals surface area contributed by atoms with E-state index in [1.54, 1.807) is 0 Å². The summed E-state index contributed by atoms with van der Waals surface area (Å²) < 4.78 is 22.3. The topological polar surface area (TPSA) is 91.7 Å². The number of aliphatic carboxylic acids is 1. The molecule has 0 aromatic carbocycles. The van der Waals surface area contributed by atoms with Crippen LogP contribution in [-0.4, -0.2) is 30.9 Å². The molecule has 5 nitrogen and oxygen atoms in total. The molecule has 0 aromatic rings. The van der Waals surface area contributed by atoms with Gasteiger partial charge in [0.1, 0.15) is 0 Å². The molecule has 0 fully saturated rings. The monoisotopic (exact) mass is 254 g/mol. The minimum atomic E-state index is -3.78. The van der Waals surface area contributed by atoms with Gasteiger partial charge in [-0.25, -0.2) is 13.2 Å². The average Bonchev–Trinajstić information content (AvgIpc) is 2.31. The Balaban J connectivity index is 3.21.